The Hall–Kier alpha value is -2.12. The SMILES string of the molecule is N#Cc1ccc(/C=C/C(=O)N(CCO)C2CC2)cc1. The molecule has 1 aromatic carbocycles. The van der Waals surface area contributed by atoms with Crippen LogP contribution in [0.2, 0.25) is 0 Å². The summed E-state index contributed by atoms with van der Waals surface area (Å²) in [7, 11) is 0. The molecule has 1 saturated carbocycles. The largest absolute Gasteiger partial charge is 0.395 e. The van der Waals surface area contributed by atoms with Gasteiger partial charge in [-0.3, -0.25) is 4.79 Å². The summed E-state index contributed by atoms with van der Waals surface area (Å²) in [5.74, 6) is -0.0686. The van der Waals surface area contributed by atoms with Crippen molar-refractivity contribution < 1.29 is 9.90 Å². The highest BCUT2D eigenvalue weighted by Gasteiger charge is 2.30. The molecule has 0 aliphatic heterocycles. The molecular formula is C15H16N2O2. The molecular weight excluding hydrogens is 240 g/mol. The van der Waals surface area contributed by atoms with Crippen LogP contribution in [0.3, 0.4) is 0 Å². The molecule has 0 heterocycles. The van der Waals surface area contributed by atoms with Gasteiger partial charge in [-0.15, -0.1) is 0 Å². The number of nitrogens with zero attached hydrogens (tertiary/aromatic N) is 2. The van der Waals surface area contributed by atoms with Crippen LogP contribution in [0.1, 0.15) is 24.0 Å². The van der Waals surface area contributed by atoms with E-state index in [4.69, 9.17) is 10.4 Å². The maximum absolute atomic E-state index is 12.0. The number of carbonyl (C=O) groups excluding carboxylic acids is 1. The van der Waals surface area contributed by atoms with Gasteiger partial charge < -0.3 is 10.0 Å². The molecule has 0 aromatic heterocycles. The Morgan fingerprint density at radius 2 is 2.11 bits per heavy atom. The topological polar surface area (TPSA) is 64.3 Å². The molecule has 1 aromatic rings. The highest BCUT2D eigenvalue weighted by atomic mass is 16.3. The summed E-state index contributed by atoms with van der Waals surface area (Å²) in [6, 6.07) is 9.39. The average molecular weight is 256 g/mol. The predicted molar refractivity (Wildman–Crippen MR) is 72.0 cm³/mol. The highest BCUT2D eigenvalue weighted by molar-refractivity contribution is 5.92. The van der Waals surface area contributed by atoms with Gasteiger partial charge in [0.05, 0.1) is 18.2 Å². The Bertz CT molecular complexity index is 510. The van der Waals surface area contributed by atoms with Crippen LogP contribution in [0.5, 0.6) is 0 Å². The maximum Gasteiger partial charge on any atom is 0.246 e. The number of amides is 1. The van der Waals surface area contributed by atoms with E-state index in [9.17, 15) is 4.79 Å². The van der Waals surface area contributed by atoms with Crippen molar-refractivity contribution >= 4 is 12.0 Å². The predicted octanol–water partition coefficient (Wildman–Crippen LogP) is 1.55. The zero-order chi connectivity index (χ0) is 13.7. The molecule has 0 bridgehead atoms. The van der Waals surface area contributed by atoms with E-state index in [1.165, 1.54) is 6.08 Å². The van der Waals surface area contributed by atoms with Gasteiger partial charge in [0.1, 0.15) is 0 Å². The van der Waals surface area contributed by atoms with Crippen LogP contribution in [0.25, 0.3) is 6.08 Å². The van der Waals surface area contributed by atoms with Crippen LogP contribution in [-0.2, 0) is 4.79 Å². The first-order valence-corrected chi connectivity index (χ1v) is 6.34. The minimum absolute atomic E-state index is 0.00700. The normalized spacial score (nSPS) is 14.3. The fourth-order valence-electron chi connectivity index (χ4n) is 1.90. The number of rotatable bonds is 5. The van der Waals surface area contributed by atoms with Gasteiger partial charge in [-0.05, 0) is 36.6 Å². The van der Waals surface area contributed by atoms with Crippen LogP contribution in [0, 0.1) is 11.3 Å². The van der Waals surface area contributed by atoms with Gasteiger partial charge >= 0.3 is 0 Å². The van der Waals surface area contributed by atoms with Crippen LogP contribution in [-0.4, -0.2) is 35.1 Å². The monoisotopic (exact) mass is 256 g/mol. The van der Waals surface area contributed by atoms with Crippen molar-refractivity contribution in [3.8, 4) is 6.07 Å². The Morgan fingerprint density at radius 3 is 2.63 bits per heavy atom. The summed E-state index contributed by atoms with van der Waals surface area (Å²) in [5, 5.41) is 17.7. The number of carbonyl (C=O) groups is 1. The van der Waals surface area contributed by atoms with Crippen LogP contribution in [0.15, 0.2) is 30.3 Å². The fraction of sp³-hybridized carbons (Fsp3) is 0.333. The van der Waals surface area contributed by atoms with Gasteiger partial charge in [0, 0.05) is 18.7 Å². The number of aliphatic hydroxyl groups is 1. The van der Waals surface area contributed by atoms with E-state index in [2.05, 4.69) is 6.07 Å². The molecule has 19 heavy (non-hydrogen) atoms. The van der Waals surface area contributed by atoms with Gasteiger partial charge in [0.2, 0.25) is 5.91 Å². The van der Waals surface area contributed by atoms with Gasteiger partial charge in [-0.25, -0.2) is 0 Å². The number of nitriles is 1. The molecule has 4 heteroatoms. The molecule has 0 saturated heterocycles. The molecule has 1 fully saturated rings. The van der Waals surface area contributed by atoms with Crippen molar-refractivity contribution in [3.05, 3.63) is 41.5 Å². The third-order valence-corrected chi connectivity index (χ3v) is 3.07. The van der Waals surface area contributed by atoms with Crippen molar-refractivity contribution in [3.63, 3.8) is 0 Å². The maximum atomic E-state index is 12.0. The minimum atomic E-state index is -0.0686. The Balaban J connectivity index is 2.00. The van der Waals surface area contributed by atoms with Crippen molar-refractivity contribution in [2.45, 2.75) is 18.9 Å². The van der Waals surface area contributed by atoms with Crippen molar-refractivity contribution in [1.82, 2.24) is 4.90 Å². The highest BCUT2D eigenvalue weighted by Crippen LogP contribution is 2.26. The third-order valence-electron chi connectivity index (χ3n) is 3.07. The zero-order valence-electron chi connectivity index (χ0n) is 10.6. The van der Waals surface area contributed by atoms with Gasteiger partial charge in [-0.1, -0.05) is 12.1 Å². The van der Waals surface area contributed by atoms with E-state index < -0.39 is 0 Å². The van der Waals surface area contributed by atoms with Crippen LogP contribution < -0.4 is 0 Å². The first-order chi connectivity index (χ1) is 9.24. The van der Waals surface area contributed by atoms with Crippen LogP contribution in [0.4, 0.5) is 0 Å². The third kappa shape index (κ3) is 3.67. The first-order valence-electron chi connectivity index (χ1n) is 6.34. The van der Waals surface area contributed by atoms with Crippen molar-refractivity contribution in [2.24, 2.45) is 0 Å². The molecule has 1 N–H and O–H groups in total. The van der Waals surface area contributed by atoms with Crippen LogP contribution >= 0.6 is 0 Å². The van der Waals surface area contributed by atoms with Gasteiger partial charge in [0.15, 0.2) is 0 Å². The lowest BCUT2D eigenvalue weighted by Gasteiger charge is -2.19. The Morgan fingerprint density at radius 1 is 1.42 bits per heavy atom. The molecule has 0 radical (unpaired) electrons. The molecule has 98 valence electrons. The van der Waals surface area contributed by atoms with E-state index in [0.717, 1.165) is 18.4 Å². The standard InChI is InChI=1S/C15H16N2O2/c16-11-13-3-1-12(2-4-13)5-8-15(19)17(9-10-18)14-6-7-14/h1-5,8,14,18H,6-7,9-10H2/b8-5+. The van der Waals surface area contributed by atoms with E-state index in [0.29, 0.717) is 18.2 Å². The lowest BCUT2D eigenvalue weighted by atomic mass is 10.1. The summed E-state index contributed by atoms with van der Waals surface area (Å²) in [5.41, 5.74) is 1.48. The second-order valence-electron chi connectivity index (χ2n) is 4.55. The molecule has 1 aliphatic carbocycles. The zero-order valence-corrected chi connectivity index (χ0v) is 10.6. The Kier molecular flexibility index (Phi) is 4.32. The minimum Gasteiger partial charge on any atom is -0.395 e. The van der Waals surface area contributed by atoms with E-state index in [-0.39, 0.29) is 12.5 Å². The first kappa shape index (κ1) is 13.3. The second kappa shape index (κ2) is 6.17. The second-order valence-corrected chi connectivity index (χ2v) is 4.55. The molecule has 1 aliphatic rings. The summed E-state index contributed by atoms with van der Waals surface area (Å²) < 4.78 is 0. The summed E-state index contributed by atoms with van der Waals surface area (Å²) >= 11 is 0. The van der Waals surface area contributed by atoms with Crippen molar-refractivity contribution in [2.75, 3.05) is 13.2 Å². The number of hydrogen-bond donors (Lipinski definition) is 1. The smallest absolute Gasteiger partial charge is 0.246 e. The quantitative estimate of drug-likeness (QED) is 0.813. The van der Waals surface area contributed by atoms with E-state index in [1.807, 2.05) is 0 Å². The number of hydrogen-bond acceptors (Lipinski definition) is 3. The molecule has 0 spiro atoms. The number of benzene rings is 1. The molecule has 0 unspecified atom stereocenters. The molecule has 1 amide bonds. The molecule has 0 atom stereocenters. The average Bonchev–Trinajstić information content (AvgIpc) is 3.27. The summed E-state index contributed by atoms with van der Waals surface area (Å²) in [6.45, 7) is 0.383. The van der Waals surface area contributed by atoms with Gasteiger partial charge in [-0.2, -0.15) is 5.26 Å². The Labute approximate surface area is 112 Å². The van der Waals surface area contributed by atoms with Gasteiger partial charge in [0.25, 0.3) is 0 Å². The van der Waals surface area contributed by atoms with E-state index in [1.54, 1.807) is 35.2 Å². The summed E-state index contributed by atoms with van der Waals surface area (Å²) in [4.78, 5) is 13.7. The molecule has 2 rings (SSSR count). The van der Waals surface area contributed by atoms with Crippen molar-refractivity contribution in [1.29, 1.82) is 5.26 Å². The fourth-order valence-corrected chi connectivity index (χ4v) is 1.90. The van der Waals surface area contributed by atoms with E-state index >= 15 is 0 Å². The lowest BCUT2D eigenvalue weighted by Crippen LogP contribution is -2.34. The lowest BCUT2D eigenvalue weighted by molar-refractivity contribution is -0.127. The number of aliphatic hydroxyl groups excluding tert-OH is 1. The summed E-state index contributed by atoms with van der Waals surface area (Å²) in [6.07, 6.45) is 5.30. The molecule has 4 nitrogen and oxygen atoms in total.